The van der Waals surface area contributed by atoms with Crippen LogP contribution in [0, 0.1) is 12.8 Å². The van der Waals surface area contributed by atoms with Crippen LogP contribution < -0.4 is 0 Å². The quantitative estimate of drug-likeness (QED) is 0.804. The zero-order chi connectivity index (χ0) is 14.2. The highest BCUT2D eigenvalue weighted by Crippen LogP contribution is 2.30. The fraction of sp³-hybridized carbons (Fsp3) is 0.583. The topological polar surface area (TPSA) is 54.5 Å². The van der Waals surface area contributed by atoms with Gasteiger partial charge in [-0.1, -0.05) is 13.3 Å². The molecule has 1 atom stereocenters. The Bertz CT molecular complexity index is 594. The zero-order valence-corrected chi connectivity index (χ0v) is 13.2. The van der Waals surface area contributed by atoms with Gasteiger partial charge in [-0.15, -0.1) is 11.3 Å². The lowest BCUT2D eigenvalue weighted by Gasteiger charge is -2.14. The SMILES string of the molecule is CCC1CCN(C(=O)c2cc(S(=O)(=O)Cl)c(C)s2)C1. The number of carbonyl (C=O) groups is 1. The van der Waals surface area contributed by atoms with Gasteiger partial charge >= 0.3 is 0 Å². The molecule has 106 valence electrons. The first-order valence-electron chi connectivity index (χ1n) is 6.17. The van der Waals surface area contributed by atoms with Gasteiger partial charge in [0.15, 0.2) is 0 Å². The van der Waals surface area contributed by atoms with Gasteiger partial charge in [0.05, 0.1) is 9.77 Å². The largest absolute Gasteiger partial charge is 0.338 e. The smallest absolute Gasteiger partial charge is 0.263 e. The third-order valence-corrected chi connectivity index (χ3v) is 6.11. The Hall–Kier alpha value is -0.590. The highest BCUT2D eigenvalue weighted by Gasteiger charge is 2.28. The average Bonchev–Trinajstić information content (AvgIpc) is 2.93. The van der Waals surface area contributed by atoms with E-state index in [4.69, 9.17) is 10.7 Å². The van der Waals surface area contributed by atoms with Crippen LogP contribution in [0.15, 0.2) is 11.0 Å². The summed E-state index contributed by atoms with van der Waals surface area (Å²) in [6.07, 6.45) is 2.09. The second kappa shape index (κ2) is 5.42. The molecule has 19 heavy (non-hydrogen) atoms. The number of rotatable bonds is 3. The van der Waals surface area contributed by atoms with Crippen LogP contribution in [0.3, 0.4) is 0 Å². The van der Waals surface area contributed by atoms with Crippen LogP contribution in [-0.4, -0.2) is 32.3 Å². The number of carbonyl (C=O) groups excluding carboxylic acids is 1. The zero-order valence-electron chi connectivity index (χ0n) is 10.8. The van der Waals surface area contributed by atoms with E-state index in [-0.39, 0.29) is 10.8 Å². The van der Waals surface area contributed by atoms with Crippen molar-refractivity contribution in [2.75, 3.05) is 13.1 Å². The van der Waals surface area contributed by atoms with E-state index < -0.39 is 9.05 Å². The van der Waals surface area contributed by atoms with Crippen molar-refractivity contribution in [1.82, 2.24) is 4.90 Å². The summed E-state index contributed by atoms with van der Waals surface area (Å²) in [4.78, 5) is 15.2. The Labute approximate surface area is 121 Å². The molecule has 1 aromatic rings. The average molecular weight is 322 g/mol. The van der Waals surface area contributed by atoms with Crippen molar-refractivity contribution >= 4 is 37.0 Å². The van der Waals surface area contributed by atoms with Crippen LogP contribution in [0.1, 0.15) is 34.3 Å². The molecule has 7 heteroatoms. The standard InChI is InChI=1S/C12H16ClNO3S2/c1-3-9-4-5-14(7-9)12(15)10-6-11(8(2)18-10)19(13,16)17/h6,9H,3-5,7H2,1-2H3. The van der Waals surface area contributed by atoms with Gasteiger partial charge in [-0.2, -0.15) is 0 Å². The first-order valence-corrected chi connectivity index (χ1v) is 9.30. The summed E-state index contributed by atoms with van der Waals surface area (Å²) in [6, 6.07) is 1.39. The maximum Gasteiger partial charge on any atom is 0.263 e. The van der Waals surface area contributed by atoms with Gasteiger partial charge in [0.25, 0.3) is 15.0 Å². The van der Waals surface area contributed by atoms with Gasteiger partial charge in [-0.05, 0) is 25.3 Å². The van der Waals surface area contributed by atoms with Gasteiger partial charge < -0.3 is 4.90 Å². The van der Waals surface area contributed by atoms with Crippen LogP contribution in [0.25, 0.3) is 0 Å². The first kappa shape index (κ1) is 14.8. The van der Waals surface area contributed by atoms with Crippen LogP contribution in [0.5, 0.6) is 0 Å². The molecule has 0 spiro atoms. The van der Waals surface area contributed by atoms with Crippen molar-refractivity contribution in [2.24, 2.45) is 5.92 Å². The minimum atomic E-state index is -3.77. The molecule has 2 rings (SSSR count). The lowest BCUT2D eigenvalue weighted by Crippen LogP contribution is -2.27. The molecule has 2 heterocycles. The van der Waals surface area contributed by atoms with Crippen molar-refractivity contribution in [1.29, 1.82) is 0 Å². The predicted octanol–water partition coefficient (Wildman–Crippen LogP) is 2.86. The van der Waals surface area contributed by atoms with E-state index in [0.717, 1.165) is 25.9 Å². The predicted molar refractivity (Wildman–Crippen MR) is 76.4 cm³/mol. The van der Waals surface area contributed by atoms with E-state index in [1.165, 1.54) is 17.4 Å². The number of likely N-dealkylation sites (tertiary alicyclic amines) is 1. The Kier molecular flexibility index (Phi) is 4.23. The van der Waals surface area contributed by atoms with E-state index in [1.54, 1.807) is 11.8 Å². The minimum Gasteiger partial charge on any atom is -0.338 e. The molecule has 1 aliphatic rings. The molecule has 1 amide bonds. The maximum absolute atomic E-state index is 12.3. The van der Waals surface area contributed by atoms with E-state index >= 15 is 0 Å². The van der Waals surface area contributed by atoms with E-state index in [1.807, 2.05) is 0 Å². The molecule has 1 saturated heterocycles. The number of thiophene rings is 1. The van der Waals surface area contributed by atoms with Gasteiger partial charge in [-0.25, -0.2) is 8.42 Å². The van der Waals surface area contributed by atoms with Gasteiger partial charge in [0.1, 0.15) is 0 Å². The Morgan fingerprint density at radius 2 is 2.26 bits per heavy atom. The highest BCUT2D eigenvalue weighted by atomic mass is 35.7. The number of amides is 1. The fourth-order valence-corrected chi connectivity index (χ4v) is 4.95. The number of halogens is 1. The number of hydrogen-bond donors (Lipinski definition) is 0. The Morgan fingerprint density at radius 3 is 2.74 bits per heavy atom. The molecule has 1 fully saturated rings. The molecule has 0 saturated carbocycles. The van der Waals surface area contributed by atoms with Crippen molar-refractivity contribution in [3.63, 3.8) is 0 Å². The van der Waals surface area contributed by atoms with Gasteiger partial charge in [-0.3, -0.25) is 4.79 Å². The lowest BCUT2D eigenvalue weighted by molar-refractivity contribution is 0.0791. The van der Waals surface area contributed by atoms with Gasteiger partial charge in [0, 0.05) is 28.6 Å². The second-order valence-electron chi connectivity index (χ2n) is 4.78. The summed E-state index contributed by atoms with van der Waals surface area (Å²) >= 11 is 1.19. The molecule has 1 unspecified atom stereocenters. The normalized spacial score (nSPS) is 19.9. The molecular weight excluding hydrogens is 306 g/mol. The van der Waals surface area contributed by atoms with Crippen LogP contribution in [-0.2, 0) is 9.05 Å². The van der Waals surface area contributed by atoms with Crippen molar-refractivity contribution < 1.29 is 13.2 Å². The summed E-state index contributed by atoms with van der Waals surface area (Å²) in [6.45, 7) is 5.29. The van der Waals surface area contributed by atoms with Crippen LogP contribution in [0.4, 0.5) is 0 Å². The third-order valence-electron chi connectivity index (χ3n) is 3.50. The summed E-state index contributed by atoms with van der Waals surface area (Å²) in [5, 5.41) is 0. The monoisotopic (exact) mass is 321 g/mol. The fourth-order valence-electron chi connectivity index (χ4n) is 2.32. The van der Waals surface area contributed by atoms with Crippen molar-refractivity contribution in [3.05, 3.63) is 15.8 Å². The summed E-state index contributed by atoms with van der Waals surface area (Å²) < 4.78 is 22.7. The molecule has 1 aliphatic heterocycles. The van der Waals surface area contributed by atoms with Crippen molar-refractivity contribution in [3.8, 4) is 0 Å². The molecule has 0 bridgehead atoms. The molecule has 0 N–H and O–H groups in total. The molecule has 1 aromatic heterocycles. The van der Waals surface area contributed by atoms with E-state index in [2.05, 4.69) is 6.92 Å². The number of hydrogen-bond acceptors (Lipinski definition) is 4. The highest BCUT2D eigenvalue weighted by molar-refractivity contribution is 8.13. The Balaban J connectivity index is 2.22. The first-order chi connectivity index (χ1) is 8.82. The summed E-state index contributed by atoms with van der Waals surface area (Å²) in [5.74, 6) is 0.469. The van der Waals surface area contributed by atoms with E-state index in [9.17, 15) is 13.2 Å². The van der Waals surface area contributed by atoms with Crippen LogP contribution in [0.2, 0.25) is 0 Å². The molecule has 0 radical (unpaired) electrons. The molecule has 0 aliphatic carbocycles. The maximum atomic E-state index is 12.3. The Morgan fingerprint density at radius 1 is 1.58 bits per heavy atom. The third kappa shape index (κ3) is 3.12. The molecular formula is C12H16ClNO3S2. The summed E-state index contributed by atoms with van der Waals surface area (Å²) in [5.41, 5.74) is 0. The van der Waals surface area contributed by atoms with Gasteiger partial charge in [0.2, 0.25) is 0 Å². The lowest BCUT2D eigenvalue weighted by atomic mass is 10.1. The number of aryl methyl sites for hydroxylation is 1. The minimum absolute atomic E-state index is 0.0498. The van der Waals surface area contributed by atoms with Crippen molar-refractivity contribution in [2.45, 2.75) is 31.6 Å². The van der Waals surface area contributed by atoms with E-state index in [0.29, 0.717) is 15.7 Å². The second-order valence-corrected chi connectivity index (χ2v) is 8.57. The summed E-state index contributed by atoms with van der Waals surface area (Å²) in [7, 11) is 1.57. The molecule has 0 aromatic carbocycles. The molecule has 4 nitrogen and oxygen atoms in total. The number of nitrogens with zero attached hydrogens (tertiary/aromatic N) is 1. The van der Waals surface area contributed by atoms with Crippen LogP contribution >= 0.6 is 22.0 Å².